The highest BCUT2D eigenvalue weighted by Crippen LogP contribution is 2.36. The van der Waals surface area contributed by atoms with E-state index >= 15 is 0 Å². The largest absolute Gasteiger partial charge is 0.338 e. The third-order valence-corrected chi connectivity index (χ3v) is 6.58. The lowest BCUT2D eigenvalue weighted by atomic mass is 9.83. The normalized spacial score (nSPS) is 20.6. The lowest BCUT2D eigenvalue weighted by Gasteiger charge is -2.42. The fraction of sp³-hybridized carbons (Fsp3) is 0.478. The molecule has 0 N–H and O–H groups in total. The Bertz CT molecular complexity index is 1220. The summed E-state index contributed by atoms with van der Waals surface area (Å²) in [6, 6.07) is 7.44. The minimum Gasteiger partial charge on any atom is -0.338 e. The number of nitrogens with zero attached hydrogens (tertiary/aromatic N) is 5. The number of hydrogen-bond acceptors (Lipinski definition) is 4. The molecule has 30 heavy (non-hydrogen) atoms. The molecular formula is C23H27N5O2. The van der Waals surface area contributed by atoms with Crippen LogP contribution in [0, 0.1) is 12.8 Å². The summed E-state index contributed by atoms with van der Waals surface area (Å²) in [6.45, 7) is 8.11. The van der Waals surface area contributed by atoms with Crippen LogP contribution in [-0.4, -0.2) is 43.2 Å². The SMILES string of the molecule is Cc1nn(C)c2nc(C(C)C)cc(C(=O)N3C[C@@H]4C[C@H](C3)c3cccc(=O)n3C4)c12. The van der Waals surface area contributed by atoms with Gasteiger partial charge in [-0.2, -0.15) is 5.10 Å². The second kappa shape index (κ2) is 6.79. The van der Waals surface area contributed by atoms with E-state index in [2.05, 4.69) is 18.9 Å². The average Bonchev–Trinajstić information content (AvgIpc) is 3.01. The van der Waals surface area contributed by atoms with Crippen molar-refractivity contribution in [3.05, 3.63) is 57.3 Å². The van der Waals surface area contributed by atoms with Gasteiger partial charge in [-0.15, -0.1) is 0 Å². The Kier molecular flexibility index (Phi) is 4.31. The van der Waals surface area contributed by atoms with Gasteiger partial charge in [-0.25, -0.2) is 4.98 Å². The van der Waals surface area contributed by atoms with Gasteiger partial charge in [0.05, 0.1) is 16.6 Å². The first kappa shape index (κ1) is 19.0. The number of likely N-dealkylation sites (tertiary alicyclic amines) is 1. The van der Waals surface area contributed by atoms with E-state index in [1.54, 1.807) is 10.7 Å². The van der Waals surface area contributed by atoms with Crippen LogP contribution in [0.1, 0.15) is 59.5 Å². The van der Waals surface area contributed by atoms with Gasteiger partial charge in [-0.3, -0.25) is 14.3 Å². The topological polar surface area (TPSA) is 73.0 Å². The predicted octanol–water partition coefficient (Wildman–Crippen LogP) is 2.82. The molecule has 0 aliphatic carbocycles. The first-order chi connectivity index (χ1) is 14.3. The molecule has 0 aromatic carbocycles. The number of carbonyl (C=O) groups is 1. The summed E-state index contributed by atoms with van der Waals surface area (Å²) in [5.41, 5.74) is 4.30. The number of aryl methyl sites for hydroxylation is 2. The van der Waals surface area contributed by atoms with E-state index in [-0.39, 0.29) is 23.3 Å². The molecule has 5 heterocycles. The van der Waals surface area contributed by atoms with E-state index in [1.807, 2.05) is 41.6 Å². The highest BCUT2D eigenvalue weighted by atomic mass is 16.2. The molecular weight excluding hydrogens is 378 g/mol. The van der Waals surface area contributed by atoms with Crippen LogP contribution in [0.25, 0.3) is 11.0 Å². The predicted molar refractivity (Wildman–Crippen MR) is 115 cm³/mol. The summed E-state index contributed by atoms with van der Waals surface area (Å²) in [5.74, 6) is 0.766. The monoisotopic (exact) mass is 405 g/mol. The fourth-order valence-electron chi connectivity index (χ4n) is 5.16. The van der Waals surface area contributed by atoms with Gasteiger partial charge in [0.1, 0.15) is 0 Å². The molecule has 3 aromatic rings. The molecule has 156 valence electrons. The maximum absolute atomic E-state index is 13.8. The number of amides is 1. The van der Waals surface area contributed by atoms with Crippen molar-refractivity contribution in [1.82, 2.24) is 24.2 Å². The number of hydrogen-bond donors (Lipinski definition) is 0. The minimum absolute atomic E-state index is 0.0434. The van der Waals surface area contributed by atoms with Gasteiger partial charge >= 0.3 is 0 Å². The smallest absolute Gasteiger partial charge is 0.254 e. The number of aromatic nitrogens is 4. The molecule has 1 fully saturated rings. The third-order valence-electron chi connectivity index (χ3n) is 6.58. The van der Waals surface area contributed by atoms with Crippen LogP contribution >= 0.6 is 0 Å². The van der Waals surface area contributed by atoms with E-state index in [0.29, 0.717) is 31.1 Å². The van der Waals surface area contributed by atoms with Crippen molar-refractivity contribution in [3.8, 4) is 0 Å². The van der Waals surface area contributed by atoms with Crippen molar-refractivity contribution in [1.29, 1.82) is 0 Å². The zero-order valence-corrected chi connectivity index (χ0v) is 17.9. The first-order valence-corrected chi connectivity index (χ1v) is 10.7. The fourth-order valence-corrected chi connectivity index (χ4v) is 5.16. The number of pyridine rings is 2. The second-order valence-electron chi connectivity index (χ2n) is 9.07. The molecule has 0 radical (unpaired) electrons. The molecule has 1 saturated heterocycles. The molecule has 2 aliphatic rings. The van der Waals surface area contributed by atoms with E-state index in [1.165, 1.54) is 0 Å². The lowest BCUT2D eigenvalue weighted by molar-refractivity contribution is 0.0596. The van der Waals surface area contributed by atoms with Gasteiger partial charge in [0, 0.05) is 50.1 Å². The highest BCUT2D eigenvalue weighted by molar-refractivity contribution is 6.06. The zero-order valence-electron chi connectivity index (χ0n) is 17.9. The molecule has 2 atom stereocenters. The summed E-state index contributed by atoms with van der Waals surface area (Å²) < 4.78 is 3.66. The Morgan fingerprint density at radius 1 is 1.20 bits per heavy atom. The number of fused-ring (bicyclic) bond motifs is 5. The van der Waals surface area contributed by atoms with Gasteiger partial charge in [0.25, 0.3) is 11.5 Å². The Hall–Kier alpha value is -2.96. The van der Waals surface area contributed by atoms with Crippen molar-refractivity contribution in [2.24, 2.45) is 13.0 Å². The standard InChI is InChI=1S/C23H27N5O2/c1-13(2)18-9-17(21-14(3)25-26(4)22(21)24-18)23(30)27-10-15-8-16(12-27)19-6-5-7-20(29)28(19)11-15/h5-7,9,13,15-16H,8,10-12H2,1-4H3/t15-,16+/m0/s1. The molecule has 1 amide bonds. The lowest BCUT2D eigenvalue weighted by Crippen LogP contribution is -2.49. The van der Waals surface area contributed by atoms with Crippen molar-refractivity contribution >= 4 is 16.9 Å². The summed E-state index contributed by atoms with van der Waals surface area (Å²) >= 11 is 0. The Balaban J connectivity index is 1.56. The van der Waals surface area contributed by atoms with Crippen LogP contribution in [0.5, 0.6) is 0 Å². The molecule has 2 aliphatic heterocycles. The number of rotatable bonds is 2. The number of carbonyl (C=O) groups excluding carboxylic acids is 1. The van der Waals surface area contributed by atoms with E-state index in [0.717, 1.165) is 34.5 Å². The molecule has 0 spiro atoms. The van der Waals surface area contributed by atoms with Crippen molar-refractivity contribution in [2.75, 3.05) is 13.1 Å². The van der Waals surface area contributed by atoms with Crippen molar-refractivity contribution in [3.63, 3.8) is 0 Å². The summed E-state index contributed by atoms with van der Waals surface area (Å²) in [5, 5.41) is 5.37. The summed E-state index contributed by atoms with van der Waals surface area (Å²) in [6.07, 6.45) is 1.03. The second-order valence-corrected chi connectivity index (χ2v) is 9.07. The molecule has 3 aromatic heterocycles. The maximum atomic E-state index is 13.8. The van der Waals surface area contributed by atoms with Crippen LogP contribution in [0.2, 0.25) is 0 Å². The van der Waals surface area contributed by atoms with Gasteiger partial charge in [-0.05, 0) is 37.3 Å². The van der Waals surface area contributed by atoms with E-state index < -0.39 is 0 Å². The van der Waals surface area contributed by atoms with E-state index in [4.69, 9.17) is 4.98 Å². The van der Waals surface area contributed by atoms with Crippen LogP contribution in [0.15, 0.2) is 29.1 Å². The highest BCUT2D eigenvalue weighted by Gasteiger charge is 2.37. The number of piperidine rings is 1. The first-order valence-electron chi connectivity index (χ1n) is 10.7. The van der Waals surface area contributed by atoms with E-state index in [9.17, 15) is 9.59 Å². The molecule has 0 unspecified atom stereocenters. The van der Waals surface area contributed by atoms with Gasteiger partial charge in [-0.1, -0.05) is 19.9 Å². The van der Waals surface area contributed by atoms with Gasteiger partial charge in [0.2, 0.25) is 0 Å². The molecule has 5 rings (SSSR count). The van der Waals surface area contributed by atoms with Crippen molar-refractivity contribution in [2.45, 2.75) is 45.6 Å². The van der Waals surface area contributed by atoms with Crippen LogP contribution in [0.3, 0.4) is 0 Å². The van der Waals surface area contributed by atoms with Gasteiger partial charge in [0.15, 0.2) is 5.65 Å². The minimum atomic E-state index is 0.0434. The Morgan fingerprint density at radius 3 is 2.77 bits per heavy atom. The van der Waals surface area contributed by atoms with Crippen molar-refractivity contribution < 1.29 is 4.79 Å². The van der Waals surface area contributed by atoms with Crippen LogP contribution in [0.4, 0.5) is 0 Å². The third kappa shape index (κ3) is 2.87. The maximum Gasteiger partial charge on any atom is 0.254 e. The van der Waals surface area contributed by atoms with Crippen LogP contribution in [-0.2, 0) is 13.6 Å². The Morgan fingerprint density at radius 2 is 2.00 bits per heavy atom. The average molecular weight is 406 g/mol. The quantitative estimate of drug-likeness (QED) is 0.657. The summed E-state index contributed by atoms with van der Waals surface area (Å²) in [4.78, 5) is 32.8. The molecule has 7 nitrogen and oxygen atoms in total. The Labute approximate surface area is 175 Å². The molecule has 2 bridgehead atoms. The molecule has 0 saturated carbocycles. The van der Waals surface area contributed by atoms with Gasteiger partial charge < -0.3 is 9.47 Å². The van der Waals surface area contributed by atoms with Crippen LogP contribution < -0.4 is 5.56 Å². The molecule has 7 heteroatoms. The summed E-state index contributed by atoms with van der Waals surface area (Å²) in [7, 11) is 1.88. The zero-order chi connectivity index (χ0) is 21.2.